The summed E-state index contributed by atoms with van der Waals surface area (Å²) in [5.74, 6) is 0.204. The van der Waals surface area contributed by atoms with E-state index in [-0.39, 0.29) is 10.8 Å². The molecule has 0 unspecified atom stereocenters. The van der Waals surface area contributed by atoms with Gasteiger partial charge in [-0.25, -0.2) is 8.42 Å². The van der Waals surface area contributed by atoms with E-state index in [9.17, 15) is 13.2 Å². The van der Waals surface area contributed by atoms with Crippen molar-refractivity contribution < 1.29 is 17.9 Å². The van der Waals surface area contributed by atoms with Crippen molar-refractivity contribution in [1.82, 2.24) is 0 Å². The summed E-state index contributed by atoms with van der Waals surface area (Å²) in [4.78, 5) is 12.6. The minimum atomic E-state index is -3.82. The zero-order valence-corrected chi connectivity index (χ0v) is 17.2. The average Bonchev–Trinajstić information content (AvgIpc) is 2.69. The number of methoxy groups -OCH3 is 1. The number of hydrogen-bond acceptors (Lipinski definition) is 4. The van der Waals surface area contributed by atoms with Gasteiger partial charge in [0.2, 0.25) is 0 Å². The topological polar surface area (TPSA) is 84.5 Å². The van der Waals surface area contributed by atoms with E-state index in [0.717, 1.165) is 5.56 Å². The molecule has 6 nitrogen and oxygen atoms in total. The van der Waals surface area contributed by atoms with E-state index >= 15 is 0 Å². The van der Waals surface area contributed by atoms with E-state index in [1.54, 1.807) is 61.5 Å². The number of carbonyl (C=O) groups is 1. The monoisotopic (exact) mass is 410 g/mol. The Balaban J connectivity index is 1.86. The molecule has 1 amide bonds. The number of aryl methyl sites for hydroxylation is 2. The molecule has 29 heavy (non-hydrogen) atoms. The summed E-state index contributed by atoms with van der Waals surface area (Å²) in [6.07, 6.45) is 0. The van der Waals surface area contributed by atoms with Gasteiger partial charge < -0.3 is 10.1 Å². The second kappa shape index (κ2) is 8.36. The highest BCUT2D eigenvalue weighted by molar-refractivity contribution is 7.92. The normalized spacial score (nSPS) is 11.0. The molecule has 0 aliphatic heterocycles. The quantitative estimate of drug-likeness (QED) is 0.632. The SMILES string of the molecule is COc1cccc(C(=O)Nc2ccc(C)c(S(=O)(=O)Nc3cccc(C)c3)c2)c1. The number of anilines is 2. The Kier molecular flexibility index (Phi) is 5.89. The second-order valence-electron chi connectivity index (χ2n) is 6.64. The summed E-state index contributed by atoms with van der Waals surface area (Å²) < 4.78 is 33.5. The number of benzene rings is 3. The smallest absolute Gasteiger partial charge is 0.262 e. The van der Waals surface area contributed by atoms with Gasteiger partial charge in [0, 0.05) is 16.9 Å². The van der Waals surface area contributed by atoms with Crippen molar-refractivity contribution in [2.75, 3.05) is 17.1 Å². The molecule has 3 aromatic carbocycles. The number of rotatable bonds is 6. The van der Waals surface area contributed by atoms with Crippen LogP contribution in [0.15, 0.2) is 71.6 Å². The Morgan fingerprint density at radius 2 is 1.66 bits per heavy atom. The molecule has 0 aromatic heterocycles. The van der Waals surface area contributed by atoms with Crippen molar-refractivity contribution in [1.29, 1.82) is 0 Å². The van der Waals surface area contributed by atoms with E-state index < -0.39 is 10.0 Å². The summed E-state index contributed by atoms with van der Waals surface area (Å²) in [5.41, 5.74) is 2.79. The lowest BCUT2D eigenvalue weighted by Gasteiger charge is -2.13. The van der Waals surface area contributed by atoms with Crippen LogP contribution in [0.4, 0.5) is 11.4 Å². The molecule has 7 heteroatoms. The van der Waals surface area contributed by atoms with Gasteiger partial charge in [0.05, 0.1) is 12.0 Å². The van der Waals surface area contributed by atoms with Crippen LogP contribution < -0.4 is 14.8 Å². The summed E-state index contributed by atoms with van der Waals surface area (Å²) in [5, 5.41) is 2.74. The molecule has 2 N–H and O–H groups in total. The van der Waals surface area contributed by atoms with Crippen molar-refractivity contribution in [3.8, 4) is 5.75 Å². The van der Waals surface area contributed by atoms with Gasteiger partial charge in [0.25, 0.3) is 15.9 Å². The first-order valence-corrected chi connectivity index (χ1v) is 10.4. The van der Waals surface area contributed by atoms with Crippen LogP contribution in [0.5, 0.6) is 5.75 Å². The van der Waals surface area contributed by atoms with E-state index in [4.69, 9.17) is 4.74 Å². The van der Waals surface area contributed by atoms with Crippen molar-refractivity contribution >= 4 is 27.3 Å². The summed E-state index contributed by atoms with van der Waals surface area (Å²) >= 11 is 0. The molecule has 0 radical (unpaired) electrons. The standard InChI is InChI=1S/C22H22N2O4S/c1-15-6-4-8-19(12-15)24-29(26,27)21-14-18(11-10-16(21)2)23-22(25)17-7-5-9-20(13-17)28-3/h4-14,24H,1-3H3,(H,23,25). The lowest BCUT2D eigenvalue weighted by Crippen LogP contribution is -2.16. The molecule has 0 saturated heterocycles. The Morgan fingerprint density at radius 1 is 0.897 bits per heavy atom. The third-order valence-corrected chi connectivity index (χ3v) is 5.86. The van der Waals surface area contributed by atoms with Crippen LogP contribution in [-0.2, 0) is 10.0 Å². The molecular formula is C22H22N2O4S. The molecule has 0 aliphatic carbocycles. The van der Waals surface area contributed by atoms with Crippen molar-refractivity contribution in [2.24, 2.45) is 0 Å². The van der Waals surface area contributed by atoms with Gasteiger partial charge in [-0.05, 0) is 67.4 Å². The molecule has 0 heterocycles. The molecule has 3 rings (SSSR count). The Labute approximate surface area is 170 Å². The summed E-state index contributed by atoms with van der Waals surface area (Å²) in [6, 6.07) is 18.6. The predicted octanol–water partition coefficient (Wildman–Crippen LogP) is 4.37. The van der Waals surface area contributed by atoms with Crippen molar-refractivity contribution in [2.45, 2.75) is 18.7 Å². The van der Waals surface area contributed by atoms with Crippen molar-refractivity contribution in [3.05, 3.63) is 83.4 Å². The Morgan fingerprint density at radius 3 is 2.38 bits per heavy atom. The number of hydrogen-bond donors (Lipinski definition) is 2. The van der Waals surface area contributed by atoms with E-state index in [1.807, 2.05) is 13.0 Å². The molecule has 0 spiro atoms. The maximum absolute atomic E-state index is 12.9. The Hall–Kier alpha value is -3.32. The third kappa shape index (κ3) is 4.94. The highest BCUT2D eigenvalue weighted by Crippen LogP contribution is 2.24. The van der Waals surface area contributed by atoms with Gasteiger partial charge in [-0.1, -0.05) is 24.3 Å². The fourth-order valence-corrected chi connectivity index (χ4v) is 4.17. The van der Waals surface area contributed by atoms with Gasteiger partial charge >= 0.3 is 0 Å². The number of amides is 1. The maximum Gasteiger partial charge on any atom is 0.262 e. The van der Waals surface area contributed by atoms with Gasteiger partial charge in [-0.2, -0.15) is 0 Å². The lowest BCUT2D eigenvalue weighted by molar-refractivity contribution is 0.102. The van der Waals surface area contributed by atoms with Crippen LogP contribution in [0.3, 0.4) is 0 Å². The van der Waals surface area contributed by atoms with Crippen LogP contribution in [0.1, 0.15) is 21.5 Å². The second-order valence-corrected chi connectivity index (χ2v) is 8.29. The highest BCUT2D eigenvalue weighted by atomic mass is 32.2. The first kappa shape index (κ1) is 20.4. The summed E-state index contributed by atoms with van der Waals surface area (Å²) in [7, 11) is -2.29. The zero-order chi connectivity index (χ0) is 21.0. The molecule has 150 valence electrons. The van der Waals surface area contributed by atoms with Crippen LogP contribution in [0.25, 0.3) is 0 Å². The zero-order valence-electron chi connectivity index (χ0n) is 16.4. The van der Waals surface area contributed by atoms with Gasteiger partial charge in [-0.15, -0.1) is 0 Å². The Bertz CT molecular complexity index is 1160. The minimum Gasteiger partial charge on any atom is -0.497 e. The molecule has 0 aliphatic rings. The van der Waals surface area contributed by atoms with E-state index in [0.29, 0.717) is 28.3 Å². The molecule has 0 fully saturated rings. The fourth-order valence-electron chi connectivity index (χ4n) is 2.85. The molecule has 0 bridgehead atoms. The first-order chi connectivity index (χ1) is 13.8. The summed E-state index contributed by atoms with van der Waals surface area (Å²) in [6.45, 7) is 3.59. The van der Waals surface area contributed by atoms with Gasteiger partial charge in [0.15, 0.2) is 0 Å². The predicted molar refractivity (Wildman–Crippen MR) is 114 cm³/mol. The molecule has 0 atom stereocenters. The first-order valence-electron chi connectivity index (χ1n) is 8.94. The van der Waals surface area contributed by atoms with Gasteiger partial charge in [-0.3, -0.25) is 9.52 Å². The van der Waals surface area contributed by atoms with Crippen LogP contribution in [0.2, 0.25) is 0 Å². The maximum atomic E-state index is 12.9. The molecular weight excluding hydrogens is 388 g/mol. The number of nitrogens with one attached hydrogen (secondary N) is 2. The van der Waals surface area contributed by atoms with Crippen molar-refractivity contribution in [3.63, 3.8) is 0 Å². The lowest BCUT2D eigenvalue weighted by atomic mass is 10.2. The molecule has 3 aromatic rings. The van der Waals surface area contributed by atoms with E-state index in [2.05, 4.69) is 10.0 Å². The molecule has 0 saturated carbocycles. The minimum absolute atomic E-state index is 0.0995. The van der Waals surface area contributed by atoms with Crippen LogP contribution >= 0.6 is 0 Å². The van der Waals surface area contributed by atoms with E-state index in [1.165, 1.54) is 13.2 Å². The third-order valence-electron chi connectivity index (χ3n) is 4.34. The fraction of sp³-hybridized carbons (Fsp3) is 0.136. The number of sulfonamides is 1. The largest absolute Gasteiger partial charge is 0.497 e. The van der Waals surface area contributed by atoms with Gasteiger partial charge in [0.1, 0.15) is 5.75 Å². The highest BCUT2D eigenvalue weighted by Gasteiger charge is 2.18. The number of ether oxygens (including phenoxy) is 1. The van der Waals surface area contributed by atoms with Crippen LogP contribution in [0, 0.1) is 13.8 Å². The number of carbonyl (C=O) groups excluding carboxylic acids is 1. The average molecular weight is 410 g/mol. The van der Waals surface area contributed by atoms with Crippen LogP contribution in [-0.4, -0.2) is 21.4 Å².